The quantitative estimate of drug-likeness (QED) is 0.878. The molecule has 0 aliphatic carbocycles. The van der Waals surface area contributed by atoms with Gasteiger partial charge in [0.05, 0.1) is 5.69 Å². The highest BCUT2D eigenvalue weighted by Gasteiger charge is 2.27. The van der Waals surface area contributed by atoms with Gasteiger partial charge < -0.3 is 10.6 Å². The summed E-state index contributed by atoms with van der Waals surface area (Å²) in [7, 11) is 0. The molecule has 2 N–H and O–H groups in total. The van der Waals surface area contributed by atoms with Crippen molar-refractivity contribution in [1.82, 2.24) is 4.90 Å². The minimum Gasteiger partial charge on any atom is -0.397 e. The Morgan fingerprint density at radius 2 is 2.21 bits per heavy atom. The molecule has 1 saturated heterocycles. The van der Waals surface area contributed by atoms with E-state index in [2.05, 4.69) is 6.92 Å². The Morgan fingerprint density at radius 3 is 2.95 bits per heavy atom. The molecule has 0 spiro atoms. The topological polar surface area (TPSA) is 46.3 Å². The van der Waals surface area contributed by atoms with E-state index in [1.165, 1.54) is 11.3 Å². The molecule has 100 valence electrons. The lowest BCUT2D eigenvalue weighted by Gasteiger charge is -2.32. The molecular formula is C14H16N2OS2. The highest BCUT2D eigenvalue weighted by Crippen LogP contribution is 2.35. The summed E-state index contributed by atoms with van der Waals surface area (Å²) in [5.74, 6) is 2.11. The third-order valence-corrected chi connectivity index (χ3v) is 5.82. The first kappa shape index (κ1) is 12.8. The van der Waals surface area contributed by atoms with Crippen molar-refractivity contribution in [2.45, 2.75) is 13.0 Å². The van der Waals surface area contributed by atoms with Gasteiger partial charge in [-0.1, -0.05) is 18.2 Å². The maximum atomic E-state index is 12.6. The number of hydrogen-bond acceptors (Lipinski definition) is 4. The molecule has 0 saturated carbocycles. The molecule has 5 heteroatoms. The number of rotatable bonds is 1. The average molecular weight is 292 g/mol. The first-order valence-electron chi connectivity index (χ1n) is 6.34. The third-order valence-electron chi connectivity index (χ3n) is 3.46. The molecule has 1 aliphatic heterocycles. The zero-order chi connectivity index (χ0) is 13.4. The lowest BCUT2D eigenvalue weighted by Crippen LogP contribution is -2.44. The van der Waals surface area contributed by atoms with Crippen molar-refractivity contribution < 1.29 is 4.79 Å². The summed E-state index contributed by atoms with van der Waals surface area (Å²) in [6.45, 7) is 2.92. The molecule has 1 amide bonds. The lowest BCUT2D eigenvalue weighted by atomic mass is 10.2. The maximum absolute atomic E-state index is 12.6. The number of amides is 1. The predicted octanol–water partition coefficient (Wildman–Crippen LogP) is 3.06. The van der Waals surface area contributed by atoms with Gasteiger partial charge in [-0.3, -0.25) is 4.79 Å². The van der Waals surface area contributed by atoms with E-state index >= 15 is 0 Å². The van der Waals surface area contributed by atoms with Crippen LogP contribution in [0.3, 0.4) is 0 Å². The van der Waals surface area contributed by atoms with Crippen LogP contribution in [-0.4, -0.2) is 34.9 Å². The number of hydrogen-bond donors (Lipinski definition) is 1. The molecule has 1 fully saturated rings. The molecule has 1 aromatic carbocycles. The Morgan fingerprint density at radius 1 is 1.42 bits per heavy atom. The van der Waals surface area contributed by atoms with Crippen LogP contribution in [0.2, 0.25) is 0 Å². The second-order valence-electron chi connectivity index (χ2n) is 4.76. The normalized spacial score (nSPS) is 19.8. The van der Waals surface area contributed by atoms with Gasteiger partial charge in [0.25, 0.3) is 5.91 Å². The number of nitrogens with zero attached hydrogens (tertiary/aromatic N) is 1. The van der Waals surface area contributed by atoms with E-state index in [1.807, 2.05) is 40.9 Å². The fraction of sp³-hybridized carbons (Fsp3) is 0.357. The molecule has 19 heavy (non-hydrogen) atoms. The van der Waals surface area contributed by atoms with Crippen molar-refractivity contribution in [3.05, 3.63) is 29.1 Å². The van der Waals surface area contributed by atoms with Gasteiger partial charge in [0.1, 0.15) is 4.88 Å². The van der Waals surface area contributed by atoms with E-state index in [4.69, 9.17) is 5.73 Å². The van der Waals surface area contributed by atoms with Gasteiger partial charge in [0.2, 0.25) is 0 Å². The molecule has 1 atom stereocenters. The Balaban J connectivity index is 1.99. The summed E-state index contributed by atoms with van der Waals surface area (Å²) in [5, 5.41) is 0.995. The minimum absolute atomic E-state index is 0.0894. The summed E-state index contributed by atoms with van der Waals surface area (Å²) < 4.78 is 1.09. The molecule has 1 aromatic heterocycles. The Hall–Kier alpha value is -1.20. The average Bonchev–Trinajstić information content (AvgIpc) is 2.77. The van der Waals surface area contributed by atoms with Gasteiger partial charge in [0.15, 0.2) is 0 Å². The first-order valence-corrected chi connectivity index (χ1v) is 8.31. The monoisotopic (exact) mass is 292 g/mol. The van der Waals surface area contributed by atoms with E-state index in [-0.39, 0.29) is 11.9 Å². The van der Waals surface area contributed by atoms with Crippen LogP contribution >= 0.6 is 23.1 Å². The minimum atomic E-state index is 0.0894. The van der Waals surface area contributed by atoms with Gasteiger partial charge in [0, 0.05) is 34.2 Å². The number of carbonyl (C=O) groups excluding carboxylic acids is 1. The molecule has 2 aromatic rings. The van der Waals surface area contributed by atoms with Crippen LogP contribution in [0.4, 0.5) is 5.69 Å². The Kier molecular flexibility index (Phi) is 3.41. The number of nitrogens with two attached hydrogens (primary N) is 1. The van der Waals surface area contributed by atoms with Gasteiger partial charge in [-0.2, -0.15) is 11.8 Å². The van der Waals surface area contributed by atoms with Crippen molar-refractivity contribution >= 4 is 44.8 Å². The summed E-state index contributed by atoms with van der Waals surface area (Å²) in [4.78, 5) is 15.3. The molecule has 3 nitrogen and oxygen atoms in total. The van der Waals surface area contributed by atoms with Crippen LogP contribution in [-0.2, 0) is 0 Å². The number of anilines is 1. The van der Waals surface area contributed by atoms with Gasteiger partial charge in [-0.05, 0) is 13.0 Å². The second-order valence-corrected chi connectivity index (χ2v) is 6.97. The van der Waals surface area contributed by atoms with E-state index in [1.54, 1.807) is 0 Å². The summed E-state index contributed by atoms with van der Waals surface area (Å²) in [6.07, 6.45) is 0. The molecule has 2 heterocycles. The molecule has 0 bridgehead atoms. The SMILES string of the molecule is CC1CSCCN1C(=O)c1sc2ccccc2c1N. The van der Waals surface area contributed by atoms with Crippen molar-refractivity contribution in [3.8, 4) is 0 Å². The van der Waals surface area contributed by atoms with Crippen molar-refractivity contribution in [3.63, 3.8) is 0 Å². The van der Waals surface area contributed by atoms with Crippen LogP contribution in [0.15, 0.2) is 24.3 Å². The van der Waals surface area contributed by atoms with E-state index < -0.39 is 0 Å². The number of fused-ring (bicyclic) bond motifs is 1. The molecule has 3 rings (SSSR count). The number of thioether (sulfide) groups is 1. The van der Waals surface area contributed by atoms with E-state index in [9.17, 15) is 4.79 Å². The summed E-state index contributed by atoms with van der Waals surface area (Å²) in [5.41, 5.74) is 6.78. The standard InChI is InChI=1S/C14H16N2OS2/c1-9-8-18-7-6-16(9)14(17)13-12(15)10-4-2-3-5-11(10)19-13/h2-5,9H,6-8,15H2,1H3. The Labute approximate surface area is 120 Å². The molecular weight excluding hydrogens is 276 g/mol. The van der Waals surface area contributed by atoms with Crippen molar-refractivity contribution in [2.75, 3.05) is 23.8 Å². The van der Waals surface area contributed by atoms with Crippen LogP contribution in [0.1, 0.15) is 16.6 Å². The van der Waals surface area contributed by atoms with Crippen LogP contribution < -0.4 is 5.73 Å². The highest BCUT2D eigenvalue weighted by atomic mass is 32.2. The first-order chi connectivity index (χ1) is 9.18. The largest absolute Gasteiger partial charge is 0.397 e. The van der Waals surface area contributed by atoms with E-state index in [0.717, 1.165) is 28.1 Å². The number of thiophene rings is 1. The number of benzene rings is 1. The van der Waals surface area contributed by atoms with Crippen LogP contribution in [0.25, 0.3) is 10.1 Å². The second kappa shape index (κ2) is 5.06. The van der Waals surface area contributed by atoms with Crippen molar-refractivity contribution in [1.29, 1.82) is 0 Å². The van der Waals surface area contributed by atoms with Gasteiger partial charge in [-0.15, -0.1) is 11.3 Å². The fourth-order valence-electron chi connectivity index (χ4n) is 2.38. The molecule has 1 unspecified atom stereocenters. The zero-order valence-corrected chi connectivity index (χ0v) is 12.4. The smallest absolute Gasteiger partial charge is 0.266 e. The molecule has 0 radical (unpaired) electrons. The number of nitrogen functional groups attached to an aromatic ring is 1. The predicted molar refractivity (Wildman–Crippen MR) is 84.1 cm³/mol. The van der Waals surface area contributed by atoms with Crippen molar-refractivity contribution in [2.24, 2.45) is 0 Å². The number of carbonyl (C=O) groups is 1. The fourth-order valence-corrected chi connectivity index (χ4v) is 4.48. The Bertz CT molecular complexity index is 623. The summed E-state index contributed by atoms with van der Waals surface area (Å²) in [6, 6.07) is 8.22. The van der Waals surface area contributed by atoms with E-state index in [0.29, 0.717) is 10.6 Å². The van der Waals surface area contributed by atoms with Gasteiger partial charge >= 0.3 is 0 Å². The summed E-state index contributed by atoms with van der Waals surface area (Å²) >= 11 is 3.41. The van der Waals surface area contributed by atoms with Gasteiger partial charge in [-0.25, -0.2) is 0 Å². The van der Waals surface area contributed by atoms with Crippen LogP contribution in [0, 0.1) is 0 Å². The maximum Gasteiger partial charge on any atom is 0.266 e. The highest BCUT2D eigenvalue weighted by molar-refractivity contribution is 7.99. The molecule has 1 aliphatic rings. The lowest BCUT2D eigenvalue weighted by molar-refractivity contribution is 0.0722. The third kappa shape index (κ3) is 2.21. The van der Waals surface area contributed by atoms with Crippen LogP contribution in [0.5, 0.6) is 0 Å². The zero-order valence-electron chi connectivity index (χ0n) is 10.8.